The maximum Gasteiger partial charge on any atom is 0.188 e. The van der Waals surface area contributed by atoms with Gasteiger partial charge in [-0.25, -0.2) is 0 Å². The molecular weight excluding hydrogens is 352 g/mol. The number of ketones is 1. The van der Waals surface area contributed by atoms with Gasteiger partial charge in [-0.1, -0.05) is 46.4 Å². The molecule has 108 valence electrons. The molecule has 2 aromatic rings. The molecule has 2 nitrogen and oxygen atoms in total. The fourth-order valence-corrected chi connectivity index (χ4v) is 2.44. The number of hydrogen-bond donors (Lipinski definition) is 1. The smallest absolute Gasteiger partial charge is 0.188 e. The van der Waals surface area contributed by atoms with Crippen LogP contribution in [0.1, 0.15) is 10.4 Å². The predicted molar refractivity (Wildman–Crippen MR) is 90.0 cm³/mol. The zero-order chi connectivity index (χ0) is 15.4. The van der Waals surface area contributed by atoms with E-state index in [1.807, 2.05) is 0 Å². The van der Waals surface area contributed by atoms with E-state index in [9.17, 15) is 4.79 Å². The van der Waals surface area contributed by atoms with Crippen molar-refractivity contribution in [1.29, 1.82) is 0 Å². The molecule has 0 bridgehead atoms. The first-order valence-corrected chi connectivity index (χ1v) is 7.36. The number of anilines is 1. The van der Waals surface area contributed by atoms with Gasteiger partial charge in [0.25, 0.3) is 0 Å². The normalized spacial score (nSPS) is 10.9. The summed E-state index contributed by atoms with van der Waals surface area (Å²) < 4.78 is 0. The molecule has 0 heterocycles. The fourth-order valence-electron chi connectivity index (χ4n) is 1.59. The number of carbonyl (C=O) groups excluding carboxylic acids is 1. The van der Waals surface area contributed by atoms with Crippen LogP contribution >= 0.6 is 46.4 Å². The highest BCUT2D eigenvalue weighted by molar-refractivity contribution is 6.37. The standard InChI is InChI=1S/C15H9Cl4NO/c16-9-1-3-11(13(19)7-9)15(21)5-6-20-14-8-10(17)2-4-12(14)18/h1-8,20H/b6-5+. The van der Waals surface area contributed by atoms with E-state index in [1.165, 1.54) is 18.3 Å². The van der Waals surface area contributed by atoms with Gasteiger partial charge in [-0.05, 0) is 36.4 Å². The van der Waals surface area contributed by atoms with Crippen LogP contribution in [0.5, 0.6) is 0 Å². The quantitative estimate of drug-likeness (QED) is 0.526. The minimum absolute atomic E-state index is 0.248. The van der Waals surface area contributed by atoms with E-state index in [0.29, 0.717) is 31.3 Å². The molecule has 0 aromatic heterocycles. The summed E-state index contributed by atoms with van der Waals surface area (Å²) in [5.41, 5.74) is 0.978. The van der Waals surface area contributed by atoms with Crippen LogP contribution in [0.15, 0.2) is 48.7 Å². The van der Waals surface area contributed by atoms with Crippen LogP contribution in [0.4, 0.5) is 5.69 Å². The summed E-state index contributed by atoms with van der Waals surface area (Å²) in [6.07, 6.45) is 2.83. The van der Waals surface area contributed by atoms with E-state index in [2.05, 4.69) is 5.32 Å². The minimum atomic E-state index is -0.248. The Kier molecular flexibility index (Phi) is 5.54. The van der Waals surface area contributed by atoms with Gasteiger partial charge in [-0.15, -0.1) is 0 Å². The van der Waals surface area contributed by atoms with Crippen molar-refractivity contribution < 1.29 is 4.79 Å². The second-order valence-corrected chi connectivity index (χ2v) is 5.78. The van der Waals surface area contributed by atoms with E-state index >= 15 is 0 Å². The third kappa shape index (κ3) is 4.39. The number of hydrogen-bond acceptors (Lipinski definition) is 2. The van der Waals surface area contributed by atoms with Crippen molar-refractivity contribution >= 4 is 57.9 Å². The lowest BCUT2D eigenvalue weighted by Crippen LogP contribution is -1.97. The molecule has 0 fully saturated rings. The molecule has 2 rings (SSSR count). The molecule has 0 radical (unpaired) electrons. The largest absolute Gasteiger partial charge is 0.360 e. The van der Waals surface area contributed by atoms with E-state index in [-0.39, 0.29) is 5.78 Å². The highest BCUT2D eigenvalue weighted by Gasteiger charge is 2.07. The maximum atomic E-state index is 12.0. The molecule has 0 saturated carbocycles. The molecule has 0 aliphatic rings. The van der Waals surface area contributed by atoms with Crippen molar-refractivity contribution in [1.82, 2.24) is 0 Å². The molecule has 0 unspecified atom stereocenters. The lowest BCUT2D eigenvalue weighted by atomic mass is 10.1. The van der Waals surface area contributed by atoms with Crippen LogP contribution in [0.3, 0.4) is 0 Å². The van der Waals surface area contributed by atoms with Gasteiger partial charge >= 0.3 is 0 Å². The van der Waals surface area contributed by atoms with Crippen LogP contribution in [-0.2, 0) is 0 Å². The van der Waals surface area contributed by atoms with Crippen molar-refractivity contribution in [2.45, 2.75) is 0 Å². The average molecular weight is 361 g/mol. The van der Waals surface area contributed by atoms with E-state index in [1.54, 1.807) is 30.3 Å². The SMILES string of the molecule is O=C(/C=C/Nc1cc(Cl)ccc1Cl)c1ccc(Cl)cc1Cl. The van der Waals surface area contributed by atoms with Gasteiger partial charge in [0.15, 0.2) is 5.78 Å². The first kappa shape index (κ1) is 16.2. The first-order chi connectivity index (χ1) is 9.97. The summed E-state index contributed by atoms with van der Waals surface area (Å²) in [4.78, 5) is 12.0. The summed E-state index contributed by atoms with van der Waals surface area (Å²) in [5.74, 6) is -0.248. The topological polar surface area (TPSA) is 29.1 Å². The Hall–Kier alpha value is -1.19. The lowest BCUT2D eigenvalue weighted by Gasteiger charge is -2.04. The van der Waals surface area contributed by atoms with Crippen molar-refractivity contribution in [2.24, 2.45) is 0 Å². The van der Waals surface area contributed by atoms with E-state index < -0.39 is 0 Å². The molecule has 1 N–H and O–H groups in total. The van der Waals surface area contributed by atoms with Gasteiger partial charge in [0, 0.05) is 27.9 Å². The number of benzene rings is 2. The fraction of sp³-hybridized carbons (Fsp3) is 0. The molecule has 0 atom stereocenters. The number of rotatable bonds is 4. The summed E-state index contributed by atoms with van der Waals surface area (Å²) in [7, 11) is 0. The van der Waals surface area contributed by atoms with Gasteiger partial charge < -0.3 is 5.32 Å². The molecule has 2 aromatic carbocycles. The highest BCUT2D eigenvalue weighted by Crippen LogP contribution is 2.25. The van der Waals surface area contributed by atoms with Crippen LogP contribution in [0.25, 0.3) is 0 Å². The van der Waals surface area contributed by atoms with Crippen LogP contribution < -0.4 is 5.32 Å². The van der Waals surface area contributed by atoms with Crippen molar-refractivity contribution in [3.8, 4) is 0 Å². The van der Waals surface area contributed by atoms with Gasteiger partial charge in [-0.2, -0.15) is 0 Å². The zero-order valence-corrected chi connectivity index (χ0v) is 13.6. The zero-order valence-electron chi connectivity index (χ0n) is 10.5. The Labute approximate surface area is 142 Å². The van der Waals surface area contributed by atoms with E-state index in [0.717, 1.165) is 0 Å². The Morgan fingerprint density at radius 2 is 1.57 bits per heavy atom. The lowest BCUT2D eigenvalue weighted by molar-refractivity contribution is 0.104. The molecule has 0 aliphatic heterocycles. The Morgan fingerprint density at radius 3 is 2.29 bits per heavy atom. The number of carbonyl (C=O) groups is 1. The number of allylic oxidation sites excluding steroid dienone is 1. The average Bonchev–Trinajstić information content (AvgIpc) is 2.42. The second-order valence-electron chi connectivity index (χ2n) is 4.09. The minimum Gasteiger partial charge on any atom is -0.360 e. The summed E-state index contributed by atoms with van der Waals surface area (Å²) in [6, 6.07) is 9.70. The number of nitrogens with one attached hydrogen (secondary N) is 1. The summed E-state index contributed by atoms with van der Waals surface area (Å²) >= 11 is 23.6. The molecular formula is C15H9Cl4NO. The summed E-state index contributed by atoms with van der Waals surface area (Å²) in [6.45, 7) is 0. The van der Waals surface area contributed by atoms with E-state index in [4.69, 9.17) is 46.4 Å². The molecule has 0 aliphatic carbocycles. The monoisotopic (exact) mass is 359 g/mol. The van der Waals surface area contributed by atoms with Gasteiger partial charge in [-0.3, -0.25) is 4.79 Å². The predicted octanol–water partition coefficient (Wildman–Crippen LogP) is 6.11. The van der Waals surface area contributed by atoms with Crippen LogP contribution in [-0.4, -0.2) is 5.78 Å². The maximum absolute atomic E-state index is 12.0. The third-order valence-electron chi connectivity index (χ3n) is 2.60. The molecule has 6 heteroatoms. The van der Waals surface area contributed by atoms with Gasteiger partial charge in [0.05, 0.1) is 15.7 Å². The van der Waals surface area contributed by atoms with Crippen LogP contribution in [0, 0.1) is 0 Å². The Morgan fingerprint density at radius 1 is 0.905 bits per heavy atom. The van der Waals surface area contributed by atoms with Crippen molar-refractivity contribution in [3.63, 3.8) is 0 Å². The van der Waals surface area contributed by atoms with Gasteiger partial charge in [0.1, 0.15) is 0 Å². The Balaban J connectivity index is 2.10. The molecule has 0 saturated heterocycles. The van der Waals surface area contributed by atoms with Crippen molar-refractivity contribution in [2.75, 3.05) is 5.32 Å². The second kappa shape index (κ2) is 7.19. The highest BCUT2D eigenvalue weighted by atomic mass is 35.5. The Bertz CT molecular complexity index is 713. The van der Waals surface area contributed by atoms with Crippen molar-refractivity contribution in [3.05, 3.63) is 74.3 Å². The molecule has 0 amide bonds. The summed E-state index contributed by atoms with van der Waals surface area (Å²) in [5, 5.41) is 4.72. The van der Waals surface area contributed by atoms with Crippen LogP contribution in [0.2, 0.25) is 20.1 Å². The van der Waals surface area contributed by atoms with Gasteiger partial charge in [0.2, 0.25) is 0 Å². The third-order valence-corrected chi connectivity index (χ3v) is 3.71. The first-order valence-electron chi connectivity index (χ1n) is 5.85. The number of halogens is 4. The molecule has 0 spiro atoms. The molecule has 21 heavy (non-hydrogen) atoms.